The fourth-order valence-corrected chi connectivity index (χ4v) is 9.90. The summed E-state index contributed by atoms with van der Waals surface area (Å²) in [4.78, 5) is 2.49. The van der Waals surface area contributed by atoms with E-state index in [1.54, 1.807) is 0 Å². The number of rotatable bonds is 8. The first-order chi connectivity index (χ1) is 31.8. The van der Waals surface area contributed by atoms with E-state index >= 15 is 0 Å². The van der Waals surface area contributed by atoms with Gasteiger partial charge in [0.1, 0.15) is 0 Å². The van der Waals surface area contributed by atoms with Gasteiger partial charge in [-0.05, 0) is 110 Å². The first-order valence-electron chi connectivity index (χ1n) is 22.0. The minimum Gasteiger partial charge on any atom is -0.309 e. The van der Waals surface area contributed by atoms with Gasteiger partial charge in [0.25, 0.3) is 0 Å². The molecule has 2 nitrogen and oxygen atoms in total. The van der Waals surface area contributed by atoms with Crippen molar-refractivity contribution in [3.8, 4) is 50.2 Å². The lowest BCUT2D eigenvalue weighted by Gasteiger charge is -2.30. The molecular weight excluding hydrogens is 773 g/mol. The van der Waals surface area contributed by atoms with E-state index in [2.05, 4.69) is 264 Å². The van der Waals surface area contributed by atoms with Gasteiger partial charge in [-0.3, -0.25) is 0 Å². The van der Waals surface area contributed by atoms with Crippen molar-refractivity contribution in [2.45, 2.75) is 0 Å². The van der Waals surface area contributed by atoms with Crippen molar-refractivity contribution in [3.63, 3.8) is 0 Å². The van der Waals surface area contributed by atoms with Crippen molar-refractivity contribution in [1.82, 2.24) is 4.57 Å². The van der Waals surface area contributed by atoms with E-state index in [4.69, 9.17) is 0 Å². The van der Waals surface area contributed by atoms with Crippen LogP contribution in [-0.4, -0.2) is 4.57 Å². The maximum Gasteiger partial charge on any atom is 0.0546 e. The average molecular weight is 815 g/mol. The second-order valence-electron chi connectivity index (χ2n) is 16.4. The molecule has 11 aromatic carbocycles. The number of nitrogens with zero attached hydrogens (tertiary/aromatic N) is 2. The molecule has 300 valence electrons. The molecule has 1 aromatic heterocycles. The molecule has 0 aliphatic rings. The number of hydrogen-bond acceptors (Lipinski definition) is 1. The lowest BCUT2D eigenvalue weighted by molar-refractivity contribution is 1.18. The van der Waals surface area contributed by atoms with E-state index in [0.29, 0.717) is 0 Å². The molecular formula is C62H42N2. The number of anilines is 3. The van der Waals surface area contributed by atoms with Crippen molar-refractivity contribution in [2.24, 2.45) is 0 Å². The normalized spacial score (nSPS) is 11.4. The van der Waals surface area contributed by atoms with E-state index in [9.17, 15) is 0 Å². The molecule has 12 rings (SSSR count). The molecule has 2 heteroatoms. The van der Waals surface area contributed by atoms with E-state index < -0.39 is 0 Å². The monoisotopic (exact) mass is 814 g/mol. The molecule has 0 bridgehead atoms. The molecule has 0 saturated heterocycles. The number of benzene rings is 11. The van der Waals surface area contributed by atoms with Crippen molar-refractivity contribution < 1.29 is 0 Å². The molecule has 1 heterocycles. The summed E-state index contributed by atoms with van der Waals surface area (Å²) in [5.74, 6) is 0. The first-order valence-corrected chi connectivity index (χ1v) is 22.0. The maximum atomic E-state index is 2.49. The Kier molecular flexibility index (Phi) is 9.20. The van der Waals surface area contributed by atoms with Gasteiger partial charge in [0, 0.05) is 33.1 Å². The van der Waals surface area contributed by atoms with Crippen LogP contribution >= 0.6 is 0 Å². The minimum absolute atomic E-state index is 1.08. The minimum atomic E-state index is 1.08. The summed E-state index contributed by atoms with van der Waals surface area (Å²) in [7, 11) is 0. The third-order valence-electron chi connectivity index (χ3n) is 12.8. The summed E-state index contributed by atoms with van der Waals surface area (Å²) >= 11 is 0. The van der Waals surface area contributed by atoms with Crippen molar-refractivity contribution >= 4 is 60.4 Å². The molecule has 0 fully saturated rings. The predicted octanol–water partition coefficient (Wildman–Crippen LogP) is 17.2. The Labute approximate surface area is 373 Å². The Morgan fingerprint density at radius 1 is 0.266 bits per heavy atom. The van der Waals surface area contributed by atoms with Gasteiger partial charge >= 0.3 is 0 Å². The molecule has 0 saturated carbocycles. The summed E-state index contributed by atoms with van der Waals surface area (Å²) in [5, 5.41) is 7.34. The van der Waals surface area contributed by atoms with Crippen molar-refractivity contribution in [3.05, 3.63) is 255 Å². The second-order valence-corrected chi connectivity index (χ2v) is 16.4. The van der Waals surface area contributed by atoms with Gasteiger partial charge in [-0.2, -0.15) is 0 Å². The zero-order valence-electron chi connectivity index (χ0n) is 35.1. The summed E-state index contributed by atoms with van der Waals surface area (Å²) in [5.41, 5.74) is 16.3. The fraction of sp³-hybridized carbons (Fsp3) is 0. The van der Waals surface area contributed by atoms with Crippen molar-refractivity contribution in [2.75, 3.05) is 4.90 Å². The van der Waals surface area contributed by atoms with Crippen LogP contribution in [0.15, 0.2) is 255 Å². The highest BCUT2D eigenvalue weighted by atomic mass is 15.1. The molecule has 0 amide bonds. The zero-order valence-corrected chi connectivity index (χ0v) is 35.1. The van der Waals surface area contributed by atoms with Crippen LogP contribution in [0.4, 0.5) is 17.1 Å². The highest BCUT2D eigenvalue weighted by Crippen LogP contribution is 2.48. The fourth-order valence-electron chi connectivity index (χ4n) is 9.90. The Morgan fingerprint density at radius 2 is 0.797 bits per heavy atom. The lowest BCUT2D eigenvalue weighted by atomic mass is 9.88. The molecule has 0 atom stereocenters. The number of para-hydroxylation sites is 3. The first kappa shape index (κ1) is 37.3. The molecule has 0 aliphatic carbocycles. The lowest BCUT2D eigenvalue weighted by Crippen LogP contribution is -2.12. The largest absolute Gasteiger partial charge is 0.309 e. The van der Waals surface area contributed by atoms with E-state index in [0.717, 1.165) is 33.9 Å². The Balaban J connectivity index is 1.08. The molecule has 0 aliphatic heterocycles. The van der Waals surface area contributed by atoms with Crippen LogP contribution in [0.2, 0.25) is 0 Å². The average Bonchev–Trinajstić information content (AvgIpc) is 3.71. The standard InChI is InChI=1S/C62H42N2/c1-3-20-43(21-4-1)49-27-9-10-29-51(49)53-31-11-12-32-54(53)55-33-15-17-36-59(55)64(62-42-46-22-7-8-28-50(46)52-30-13-14-34-56(52)62)48-26-19-23-44(40-48)45-38-39-61-58(41-45)57-35-16-18-37-60(57)63(61)47-24-5-2-6-25-47/h1-42H. The SMILES string of the molecule is c1ccc(-c2ccccc2-c2ccccc2-c2ccccc2N(c2cccc(-c3ccc4c(c3)c3ccccc3n4-c3ccccc3)c2)c2cc3ccccc3c3ccccc23)cc1. The smallest absolute Gasteiger partial charge is 0.0546 e. The second kappa shape index (κ2) is 15.8. The van der Waals surface area contributed by atoms with Crippen LogP contribution in [0.1, 0.15) is 0 Å². The summed E-state index contributed by atoms with van der Waals surface area (Å²) in [6, 6.07) is 92.8. The third kappa shape index (κ3) is 6.35. The zero-order chi connectivity index (χ0) is 42.4. The topological polar surface area (TPSA) is 8.17 Å². The number of hydrogen-bond donors (Lipinski definition) is 0. The van der Waals surface area contributed by atoms with E-state index in [-0.39, 0.29) is 0 Å². The molecule has 0 N–H and O–H groups in total. The van der Waals surface area contributed by atoms with Crippen molar-refractivity contribution in [1.29, 1.82) is 0 Å². The Morgan fingerprint density at radius 3 is 1.58 bits per heavy atom. The maximum absolute atomic E-state index is 2.49. The van der Waals surface area contributed by atoms with Crippen LogP contribution in [0.5, 0.6) is 0 Å². The number of fused-ring (bicyclic) bond motifs is 6. The Hall–Kier alpha value is -8.46. The van der Waals surface area contributed by atoms with Gasteiger partial charge in [-0.1, -0.05) is 200 Å². The quantitative estimate of drug-likeness (QED) is 0.139. The van der Waals surface area contributed by atoms with Crippen LogP contribution in [0.25, 0.3) is 93.5 Å². The summed E-state index contributed by atoms with van der Waals surface area (Å²) in [6.07, 6.45) is 0. The van der Waals surface area contributed by atoms with Crippen LogP contribution < -0.4 is 4.90 Å². The molecule has 0 radical (unpaired) electrons. The molecule has 12 aromatic rings. The predicted molar refractivity (Wildman–Crippen MR) is 272 cm³/mol. The van der Waals surface area contributed by atoms with Gasteiger partial charge in [0.2, 0.25) is 0 Å². The molecule has 0 unspecified atom stereocenters. The summed E-state index contributed by atoms with van der Waals surface area (Å²) < 4.78 is 2.38. The van der Waals surface area contributed by atoms with Gasteiger partial charge in [-0.25, -0.2) is 0 Å². The van der Waals surface area contributed by atoms with Crippen LogP contribution in [0, 0.1) is 0 Å². The number of aromatic nitrogens is 1. The molecule has 64 heavy (non-hydrogen) atoms. The molecule has 0 spiro atoms. The van der Waals surface area contributed by atoms with E-state index in [1.807, 2.05) is 0 Å². The van der Waals surface area contributed by atoms with Gasteiger partial charge in [-0.15, -0.1) is 0 Å². The Bertz CT molecular complexity index is 3680. The summed E-state index contributed by atoms with van der Waals surface area (Å²) in [6.45, 7) is 0. The van der Waals surface area contributed by atoms with E-state index in [1.165, 1.54) is 76.7 Å². The highest BCUT2D eigenvalue weighted by molar-refractivity contribution is 6.15. The van der Waals surface area contributed by atoms with Gasteiger partial charge in [0.15, 0.2) is 0 Å². The van der Waals surface area contributed by atoms with Crippen LogP contribution in [0.3, 0.4) is 0 Å². The van der Waals surface area contributed by atoms with Gasteiger partial charge in [0.05, 0.1) is 22.4 Å². The highest BCUT2D eigenvalue weighted by Gasteiger charge is 2.23. The third-order valence-corrected chi connectivity index (χ3v) is 12.8. The van der Waals surface area contributed by atoms with Crippen LogP contribution in [-0.2, 0) is 0 Å². The van der Waals surface area contributed by atoms with Gasteiger partial charge < -0.3 is 9.47 Å².